The molecule has 98 valence electrons. The third-order valence-corrected chi connectivity index (χ3v) is 3.54. The van der Waals surface area contributed by atoms with Crippen LogP contribution in [-0.2, 0) is 4.79 Å². The summed E-state index contributed by atoms with van der Waals surface area (Å²) in [7, 11) is 0. The Morgan fingerprint density at radius 1 is 1.56 bits per heavy atom. The van der Waals surface area contributed by atoms with Crippen LogP contribution < -0.4 is 4.90 Å². The minimum Gasteiger partial charge on any atom is -0.481 e. The molecule has 0 saturated carbocycles. The van der Waals surface area contributed by atoms with E-state index in [0.29, 0.717) is 6.54 Å². The fraction of sp³-hybridized carbons (Fsp3) is 0.500. The molecule has 0 aromatic heterocycles. The van der Waals surface area contributed by atoms with Crippen LogP contribution in [0.5, 0.6) is 0 Å². The summed E-state index contributed by atoms with van der Waals surface area (Å²) < 4.78 is 13.3. The molecule has 4 heteroatoms. The van der Waals surface area contributed by atoms with Gasteiger partial charge in [0.1, 0.15) is 5.82 Å². The van der Waals surface area contributed by atoms with Crippen molar-refractivity contribution in [2.45, 2.75) is 32.2 Å². The number of aliphatic carboxylic acids is 1. The lowest BCUT2D eigenvalue weighted by Crippen LogP contribution is -2.38. The number of rotatable bonds is 3. The van der Waals surface area contributed by atoms with E-state index in [9.17, 15) is 9.18 Å². The summed E-state index contributed by atoms with van der Waals surface area (Å²) >= 11 is 0. The third-order valence-electron chi connectivity index (χ3n) is 3.54. The number of carboxylic acids is 1. The Morgan fingerprint density at radius 3 is 2.89 bits per heavy atom. The number of anilines is 1. The lowest BCUT2D eigenvalue weighted by atomic mass is 9.94. The van der Waals surface area contributed by atoms with Crippen LogP contribution >= 0.6 is 0 Å². The van der Waals surface area contributed by atoms with E-state index in [0.717, 1.165) is 12.1 Å². The first-order valence-corrected chi connectivity index (χ1v) is 6.13. The Bertz CT molecular complexity index is 459. The Morgan fingerprint density at radius 2 is 2.28 bits per heavy atom. The summed E-state index contributed by atoms with van der Waals surface area (Å²) in [5.41, 5.74) is 0.696. The second-order valence-electron chi connectivity index (χ2n) is 5.57. The van der Waals surface area contributed by atoms with Gasteiger partial charge in [-0.1, -0.05) is 6.07 Å². The van der Waals surface area contributed by atoms with Crippen LogP contribution in [0.15, 0.2) is 24.3 Å². The molecule has 1 atom stereocenters. The van der Waals surface area contributed by atoms with Gasteiger partial charge in [0.15, 0.2) is 0 Å². The Balaban J connectivity index is 2.20. The fourth-order valence-electron chi connectivity index (χ4n) is 2.87. The van der Waals surface area contributed by atoms with Crippen LogP contribution in [0.3, 0.4) is 0 Å². The Hall–Kier alpha value is -1.58. The van der Waals surface area contributed by atoms with E-state index < -0.39 is 5.97 Å². The molecule has 0 aliphatic carbocycles. The van der Waals surface area contributed by atoms with Crippen LogP contribution in [0, 0.1) is 11.7 Å². The number of nitrogens with zero attached hydrogens (tertiary/aromatic N) is 1. The van der Waals surface area contributed by atoms with Gasteiger partial charge in [0, 0.05) is 24.2 Å². The van der Waals surface area contributed by atoms with Gasteiger partial charge in [0.05, 0.1) is 0 Å². The maximum absolute atomic E-state index is 13.3. The van der Waals surface area contributed by atoms with Crippen molar-refractivity contribution >= 4 is 11.7 Å². The van der Waals surface area contributed by atoms with Crippen molar-refractivity contribution in [1.29, 1.82) is 0 Å². The zero-order valence-electron chi connectivity index (χ0n) is 10.7. The van der Waals surface area contributed by atoms with Gasteiger partial charge in [-0.15, -0.1) is 0 Å². The van der Waals surface area contributed by atoms with E-state index in [-0.39, 0.29) is 23.7 Å². The van der Waals surface area contributed by atoms with Gasteiger partial charge in [-0.05, 0) is 44.4 Å². The molecule has 1 aliphatic heterocycles. The molecular formula is C14H18FNO2. The molecule has 0 radical (unpaired) electrons. The lowest BCUT2D eigenvalue weighted by Gasteiger charge is -2.33. The van der Waals surface area contributed by atoms with Crippen LogP contribution in [-0.4, -0.2) is 23.2 Å². The largest absolute Gasteiger partial charge is 0.481 e. The van der Waals surface area contributed by atoms with Crippen molar-refractivity contribution in [2.75, 3.05) is 11.4 Å². The number of carboxylic acid groups (broad SMARTS) is 1. The zero-order valence-corrected chi connectivity index (χ0v) is 10.7. The van der Waals surface area contributed by atoms with Crippen molar-refractivity contribution in [3.63, 3.8) is 0 Å². The molecule has 18 heavy (non-hydrogen) atoms. The number of carbonyl (C=O) groups is 1. The molecule has 1 saturated heterocycles. The van der Waals surface area contributed by atoms with E-state index >= 15 is 0 Å². The van der Waals surface area contributed by atoms with Gasteiger partial charge in [0.2, 0.25) is 0 Å². The van der Waals surface area contributed by atoms with Crippen molar-refractivity contribution in [2.24, 2.45) is 5.92 Å². The number of halogens is 1. The Kier molecular flexibility index (Phi) is 3.28. The summed E-state index contributed by atoms with van der Waals surface area (Å²) in [6, 6.07) is 6.48. The van der Waals surface area contributed by atoms with Gasteiger partial charge in [0.25, 0.3) is 0 Å². The molecule has 3 nitrogen and oxygen atoms in total. The minimum atomic E-state index is -0.767. The molecule has 0 bridgehead atoms. The van der Waals surface area contributed by atoms with Crippen molar-refractivity contribution < 1.29 is 14.3 Å². The quantitative estimate of drug-likeness (QED) is 0.898. The van der Waals surface area contributed by atoms with E-state index in [1.165, 1.54) is 12.1 Å². The van der Waals surface area contributed by atoms with Gasteiger partial charge < -0.3 is 10.0 Å². The van der Waals surface area contributed by atoms with Crippen molar-refractivity contribution in [3.05, 3.63) is 30.1 Å². The maximum atomic E-state index is 13.3. The average molecular weight is 251 g/mol. The van der Waals surface area contributed by atoms with Gasteiger partial charge in [-0.2, -0.15) is 0 Å². The summed E-state index contributed by atoms with van der Waals surface area (Å²) in [6.07, 6.45) is 0.991. The van der Waals surface area contributed by atoms with Gasteiger partial charge >= 0.3 is 5.97 Å². The predicted molar refractivity (Wildman–Crippen MR) is 68.2 cm³/mol. The minimum absolute atomic E-state index is 0.126. The molecule has 1 N–H and O–H groups in total. The molecule has 1 aliphatic rings. The summed E-state index contributed by atoms with van der Waals surface area (Å²) in [5.74, 6) is -0.900. The third kappa shape index (κ3) is 2.63. The Labute approximate surface area is 106 Å². The van der Waals surface area contributed by atoms with Gasteiger partial charge in [-0.3, -0.25) is 4.79 Å². The standard InChI is InChI=1S/C14H18FNO2/c1-14(2)8-10(6-13(17)18)9-16(14)12-5-3-4-11(15)7-12/h3-5,7,10H,6,8-9H2,1-2H3,(H,17,18). The second kappa shape index (κ2) is 4.59. The van der Waals surface area contributed by atoms with E-state index in [1.807, 2.05) is 6.07 Å². The molecule has 1 unspecified atom stereocenters. The highest BCUT2D eigenvalue weighted by atomic mass is 19.1. The molecule has 2 rings (SSSR count). The molecule has 1 aromatic carbocycles. The smallest absolute Gasteiger partial charge is 0.303 e. The number of hydrogen-bond acceptors (Lipinski definition) is 2. The van der Waals surface area contributed by atoms with E-state index in [2.05, 4.69) is 18.7 Å². The summed E-state index contributed by atoms with van der Waals surface area (Å²) in [6.45, 7) is 4.81. The summed E-state index contributed by atoms with van der Waals surface area (Å²) in [5, 5.41) is 8.87. The summed E-state index contributed by atoms with van der Waals surface area (Å²) in [4.78, 5) is 12.9. The number of hydrogen-bond donors (Lipinski definition) is 1. The SMILES string of the molecule is CC1(C)CC(CC(=O)O)CN1c1cccc(F)c1. The van der Waals surface area contributed by atoms with Gasteiger partial charge in [-0.25, -0.2) is 4.39 Å². The normalized spacial score (nSPS) is 22.2. The van der Waals surface area contributed by atoms with Crippen molar-refractivity contribution in [1.82, 2.24) is 0 Å². The highest BCUT2D eigenvalue weighted by Gasteiger charge is 2.39. The molecule has 1 aromatic rings. The molecule has 0 spiro atoms. The fourth-order valence-corrected chi connectivity index (χ4v) is 2.87. The number of benzene rings is 1. The molecular weight excluding hydrogens is 233 g/mol. The van der Waals surface area contributed by atoms with Crippen LogP contribution in [0.2, 0.25) is 0 Å². The maximum Gasteiger partial charge on any atom is 0.303 e. The van der Waals surface area contributed by atoms with Crippen molar-refractivity contribution in [3.8, 4) is 0 Å². The van der Waals surface area contributed by atoms with E-state index in [1.54, 1.807) is 6.07 Å². The topological polar surface area (TPSA) is 40.5 Å². The monoisotopic (exact) mass is 251 g/mol. The van der Waals surface area contributed by atoms with Crippen LogP contribution in [0.4, 0.5) is 10.1 Å². The molecule has 0 amide bonds. The zero-order chi connectivity index (χ0) is 13.3. The van der Waals surface area contributed by atoms with E-state index in [4.69, 9.17) is 5.11 Å². The first kappa shape index (κ1) is 12.9. The molecule has 1 fully saturated rings. The average Bonchev–Trinajstić information content (AvgIpc) is 2.52. The van der Waals surface area contributed by atoms with Crippen LogP contribution in [0.25, 0.3) is 0 Å². The second-order valence-corrected chi connectivity index (χ2v) is 5.57. The highest BCUT2D eigenvalue weighted by molar-refractivity contribution is 5.67. The first-order chi connectivity index (χ1) is 8.38. The predicted octanol–water partition coefficient (Wildman–Crippen LogP) is 2.91. The first-order valence-electron chi connectivity index (χ1n) is 6.13. The highest BCUT2D eigenvalue weighted by Crippen LogP contribution is 2.38. The molecule has 1 heterocycles. The lowest BCUT2D eigenvalue weighted by molar-refractivity contribution is -0.137. The van der Waals surface area contributed by atoms with Crippen LogP contribution in [0.1, 0.15) is 26.7 Å².